The molecule has 0 unspecified atom stereocenters. The van der Waals surface area contributed by atoms with Gasteiger partial charge in [-0.3, -0.25) is 4.90 Å². The van der Waals surface area contributed by atoms with Gasteiger partial charge in [0.05, 0.1) is 13.2 Å². The van der Waals surface area contributed by atoms with E-state index in [4.69, 9.17) is 10.8 Å². The zero-order chi connectivity index (χ0) is 8.69. The van der Waals surface area contributed by atoms with Gasteiger partial charge in [0.15, 0.2) is 0 Å². The summed E-state index contributed by atoms with van der Waals surface area (Å²) >= 11 is 0. The third kappa shape index (κ3) is 6.15. The number of rotatable bonds is 6. The molecule has 3 N–H and O–H groups in total. The average molecular weight is 168 g/mol. The van der Waals surface area contributed by atoms with Crippen molar-refractivity contribution < 1.29 is 13.9 Å². The second kappa shape index (κ2) is 6.45. The van der Waals surface area contributed by atoms with Crippen LogP contribution >= 0.6 is 0 Å². The Hall–Kier alpha value is -0.260. The quantitative estimate of drug-likeness (QED) is 0.562. The van der Waals surface area contributed by atoms with Crippen molar-refractivity contribution in [2.45, 2.75) is 6.43 Å². The summed E-state index contributed by atoms with van der Waals surface area (Å²) in [5, 5.41) is 8.45. The molecule has 0 fully saturated rings. The van der Waals surface area contributed by atoms with Gasteiger partial charge in [-0.25, -0.2) is 8.78 Å². The van der Waals surface area contributed by atoms with Gasteiger partial charge < -0.3 is 10.8 Å². The Morgan fingerprint density at radius 2 is 2.00 bits per heavy atom. The molecule has 3 nitrogen and oxygen atoms in total. The number of aliphatic hydroxyl groups is 1. The summed E-state index contributed by atoms with van der Waals surface area (Å²) in [4.78, 5) is 1.44. The highest BCUT2D eigenvalue weighted by atomic mass is 19.3. The summed E-state index contributed by atoms with van der Waals surface area (Å²) in [5.41, 5.74) is 5.17. The van der Waals surface area contributed by atoms with Crippen LogP contribution in [0, 0.1) is 0 Å². The maximum atomic E-state index is 11.8. The van der Waals surface area contributed by atoms with Crippen molar-refractivity contribution in [1.82, 2.24) is 4.90 Å². The predicted octanol–water partition coefficient (Wildman–Crippen LogP) is -0.496. The number of nitrogens with zero attached hydrogens (tertiary/aromatic N) is 1. The molecule has 0 saturated heterocycles. The van der Waals surface area contributed by atoms with Crippen molar-refractivity contribution >= 4 is 0 Å². The minimum Gasteiger partial charge on any atom is -0.395 e. The van der Waals surface area contributed by atoms with Crippen LogP contribution in [-0.2, 0) is 0 Å². The molecule has 0 aliphatic carbocycles. The fraction of sp³-hybridized carbons (Fsp3) is 1.00. The molecule has 68 valence electrons. The lowest BCUT2D eigenvalue weighted by atomic mass is 10.4. The lowest BCUT2D eigenvalue weighted by Crippen LogP contribution is -2.35. The Kier molecular flexibility index (Phi) is 6.30. The van der Waals surface area contributed by atoms with Gasteiger partial charge >= 0.3 is 0 Å². The molecule has 0 bridgehead atoms. The zero-order valence-electron chi connectivity index (χ0n) is 6.34. The molecule has 0 spiro atoms. The first kappa shape index (κ1) is 10.7. The minimum absolute atomic E-state index is 0.104. The summed E-state index contributed by atoms with van der Waals surface area (Å²) < 4.78 is 23.5. The van der Waals surface area contributed by atoms with Crippen LogP contribution in [-0.4, -0.2) is 49.2 Å². The third-order valence-electron chi connectivity index (χ3n) is 1.26. The molecule has 0 aromatic heterocycles. The van der Waals surface area contributed by atoms with Gasteiger partial charge in [0.1, 0.15) is 0 Å². The molecule has 0 amide bonds. The Bertz CT molecular complexity index is 86.7. The Morgan fingerprint density at radius 3 is 2.36 bits per heavy atom. The Balaban J connectivity index is 3.50. The van der Waals surface area contributed by atoms with E-state index in [1.165, 1.54) is 4.90 Å². The second-order valence-electron chi connectivity index (χ2n) is 2.20. The van der Waals surface area contributed by atoms with Crippen LogP contribution in [0.1, 0.15) is 0 Å². The average Bonchev–Trinajstić information content (AvgIpc) is 1.87. The van der Waals surface area contributed by atoms with Gasteiger partial charge in [0.2, 0.25) is 0 Å². The highest BCUT2D eigenvalue weighted by Gasteiger charge is 2.09. The van der Waals surface area contributed by atoms with Crippen molar-refractivity contribution in [3.63, 3.8) is 0 Å². The minimum atomic E-state index is -2.35. The lowest BCUT2D eigenvalue weighted by Gasteiger charge is -2.19. The van der Waals surface area contributed by atoms with E-state index in [0.29, 0.717) is 13.1 Å². The predicted molar refractivity (Wildman–Crippen MR) is 38.6 cm³/mol. The SMILES string of the molecule is NCCN(CCO)CC(F)F. The van der Waals surface area contributed by atoms with Crippen molar-refractivity contribution in [2.75, 3.05) is 32.8 Å². The summed E-state index contributed by atoms with van der Waals surface area (Å²) in [5.74, 6) is 0. The van der Waals surface area contributed by atoms with Gasteiger partial charge in [-0.15, -0.1) is 0 Å². The molecule has 0 heterocycles. The molecule has 0 rings (SSSR count). The molecular weight excluding hydrogens is 154 g/mol. The summed E-state index contributed by atoms with van der Waals surface area (Å²) in [7, 11) is 0. The maximum Gasteiger partial charge on any atom is 0.251 e. The first-order valence-corrected chi connectivity index (χ1v) is 3.52. The van der Waals surface area contributed by atoms with E-state index in [-0.39, 0.29) is 19.7 Å². The number of hydrogen-bond acceptors (Lipinski definition) is 3. The van der Waals surface area contributed by atoms with Gasteiger partial charge in [-0.05, 0) is 0 Å². The van der Waals surface area contributed by atoms with E-state index in [0.717, 1.165) is 0 Å². The Labute approximate surface area is 64.8 Å². The summed E-state index contributed by atoms with van der Waals surface area (Å²) in [6.07, 6.45) is -2.35. The van der Waals surface area contributed by atoms with Crippen LogP contribution in [0.15, 0.2) is 0 Å². The van der Waals surface area contributed by atoms with Crippen molar-refractivity contribution in [3.05, 3.63) is 0 Å². The molecule has 0 aromatic rings. The molecule has 5 heteroatoms. The van der Waals surface area contributed by atoms with Crippen LogP contribution in [0.25, 0.3) is 0 Å². The van der Waals surface area contributed by atoms with E-state index in [1.54, 1.807) is 0 Å². The zero-order valence-corrected chi connectivity index (χ0v) is 6.34. The van der Waals surface area contributed by atoms with E-state index >= 15 is 0 Å². The van der Waals surface area contributed by atoms with Gasteiger partial charge in [-0.1, -0.05) is 0 Å². The Morgan fingerprint density at radius 1 is 1.36 bits per heavy atom. The maximum absolute atomic E-state index is 11.8. The molecule has 0 saturated carbocycles. The highest BCUT2D eigenvalue weighted by Crippen LogP contribution is 1.96. The fourth-order valence-corrected chi connectivity index (χ4v) is 0.814. The second-order valence-corrected chi connectivity index (χ2v) is 2.20. The largest absolute Gasteiger partial charge is 0.395 e. The lowest BCUT2D eigenvalue weighted by molar-refractivity contribution is 0.0800. The van der Waals surface area contributed by atoms with Gasteiger partial charge in [0.25, 0.3) is 6.43 Å². The van der Waals surface area contributed by atoms with Crippen molar-refractivity contribution in [1.29, 1.82) is 0 Å². The number of hydrogen-bond donors (Lipinski definition) is 2. The van der Waals surface area contributed by atoms with Crippen LogP contribution in [0.2, 0.25) is 0 Å². The summed E-state index contributed by atoms with van der Waals surface area (Å²) in [6.45, 7) is 0.601. The van der Waals surface area contributed by atoms with E-state index in [1.807, 2.05) is 0 Å². The normalized spacial score (nSPS) is 11.5. The van der Waals surface area contributed by atoms with E-state index in [9.17, 15) is 8.78 Å². The smallest absolute Gasteiger partial charge is 0.251 e. The molecule has 0 aliphatic rings. The number of aliphatic hydroxyl groups excluding tert-OH is 1. The first-order valence-electron chi connectivity index (χ1n) is 3.52. The standard InChI is InChI=1S/C6H14F2N2O/c7-6(8)5-10(2-1-9)3-4-11/h6,11H,1-5,9H2. The molecule has 0 atom stereocenters. The van der Waals surface area contributed by atoms with Crippen LogP contribution in [0.5, 0.6) is 0 Å². The molecule has 0 radical (unpaired) electrons. The molecule has 0 aliphatic heterocycles. The molecule has 0 aromatic carbocycles. The third-order valence-corrected chi connectivity index (χ3v) is 1.26. The van der Waals surface area contributed by atoms with Crippen LogP contribution in [0.3, 0.4) is 0 Å². The van der Waals surface area contributed by atoms with Gasteiger partial charge in [0, 0.05) is 19.6 Å². The highest BCUT2D eigenvalue weighted by molar-refractivity contribution is 4.58. The van der Waals surface area contributed by atoms with Crippen molar-refractivity contribution in [3.8, 4) is 0 Å². The first-order chi connectivity index (χ1) is 5.20. The molecular formula is C6H14F2N2O. The monoisotopic (exact) mass is 168 g/mol. The van der Waals surface area contributed by atoms with Crippen molar-refractivity contribution in [2.24, 2.45) is 5.73 Å². The fourth-order valence-electron chi connectivity index (χ4n) is 0.814. The number of halogens is 2. The topological polar surface area (TPSA) is 49.5 Å². The van der Waals surface area contributed by atoms with Crippen LogP contribution in [0.4, 0.5) is 8.78 Å². The van der Waals surface area contributed by atoms with E-state index < -0.39 is 6.43 Å². The van der Waals surface area contributed by atoms with Crippen LogP contribution < -0.4 is 5.73 Å². The molecule has 11 heavy (non-hydrogen) atoms. The number of nitrogens with two attached hydrogens (primary N) is 1. The summed E-state index contributed by atoms with van der Waals surface area (Å²) in [6, 6.07) is 0. The van der Waals surface area contributed by atoms with Gasteiger partial charge in [-0.2, -0.15) is 0 Å². The number of alkyl halides is 2. The van der Waals surface area contributed by atoms with E-state index in [2.05, 4.69) is 0 Å².